The summed E-state index contributed by atoms with van der Waals surface area (Å²) in [5, 5.41) is 8.15. The lowest BCUT2D eigenvalue weighted by molar-refractivity contribution is 0.423. The van der Waals surface area contributed by atoms with Gasteiger partial charge in [0.25, 0.3) is 0 Å². The van der Waals surface area contributed by atoms with Crippen LogP contribution in [-0.4, -0.2) is 28.4 Å². The minimum absolute atomic E-state index is 0.120. The molecule has 0 bridgehead atoms. The van der Waals surface area contributed by atoms with Crippen molar-refractivity contribution in [1.82, 2.24) is 15.1 Å². The average molecular weight is 266 g/mol. The summed E-state index contributed by atoms with van der Waals surface area (Å²) >= 11 is 0. The van der Waals surface area contributed by atoms with E-state index in [1.807, 2.05) is 11.7 Å². The molecule has 1 aromatic rings. The Kier molecular flexibility index (Phi) is 5.02. The Labute approximate surface area is 118 Å². The zero-order valence-electron chi connectivity index (χ0n) is 13.8. The molecule has 0 amide bonds. The Morgan fingerprint density at radius 1 is 1.37 bits per heavy atom. The second-order valence-corrected chi connectivity index (χ2v) is 6.48. The highest BCUT2D eigenvalue weighted by Gasteiger charge is 2.21. The molecule has 0 radical (unpaired) electrons. The van der Waals surface area contributed by atoms with E-state index in [-0.39, 0.29) is 5.54 Å². The van der Waals surface area contributed by atoms with E-state index in [9.17, 15) is 0 Å². The monoisotopic (exact) mass is 266 g/mol. The Hall–Kier alpha value is -1.03. The van der Waals surface area contributed by atoms with E-state index in [4.69, 9.17) is 0 Å². The van der Waals surface area contributed by atoms with Gasteiger partial charge in [-0.1, -0.05) is 6.92 Å². The van der Waals surface area contributed by atoms with E-state index in [0.717, 1.165) is 18.7 Å². The summed E-state index contributed by atoms with van der Waals surface area (Å²) in [6.07, 6.45) is 1.13. The van der Waals surface area contributed by atoms with Crippen LogP contribution in [0.4, 0.5) is 5.82 Å². The predicted octanol–water partition coefficient (Wildman–Crippen LogP) is 2.85. The zero-order valence-corrected chi connectivity index (χ0v) is 13.8. The van der Waals surface area contributed by atoms with Crippen molar-refractivity contribution in [3.05, 3.63) is 11.3 Å². The Balaban J connectivity index is 3.03. The number of nitrogens with zero attached hydrogens (tertiary/aromatic N) is 3. The van der Waals surface area contributed by atoms with Gasteiger partial charge >= 0.3 is 0 Å². The maximum absolute atomic E-state index is 4.58. The molecule has 4 heteroatoms. The van der Waals surface area contributed by atoms with Crippen molar-refractivity contribution in [2.75, 3.05) is 11.9 Å². The second-order valence-electron chi connectivity index (χ2n) is 6.48. The van der Waals surface area contributed by atoms with Gasteiger partial charge < -0.3 is 10.2 Å². The fraction of sp³-hybridized carbons (Fsp3) is 0.800. The number of nitrogens with one attached hydrogen (secondary N) is 1. The van der Waals surface area contributed by atoms with Crippen molar-refractivity contribution in [2.24, 2.45) is 7.05 Å². The van der Waals surface area contributed by atoms with Gasteiger partial charge in [0, 0.05) is 37.8 Å². The van der Waals surface area contributed by atoms with E-state index in [1.54, 1.807) is 0 Å². The fourth-order valence-electron chi connectivity index (χ4n) is 2.17. The lowest BCUT2D eigenvalue weighted by Gasteiger charge is -2.28. The first-order valence-electron chi connectivity index (χ1n) is 7.17. The molecule has 0 saturated heterocycles. The standard InChI is InChI=1S/C15H30N4/c1-9-11(2)18(7)14-13(10-16-15(4,5)6)12(3)17-19(14)8/h11,16H,9-10H2,1-8H3. The van der Waals surface area contributed by atoms with Crippen molar-refractivity contribution in [2.45, 2.75) is 66.1 Å². The summed E-state index contributed by atoms with van der Waals surface area (Å²) < 4.78 is 2.00. The van der Waals surface area contributed by atoms with Gasteiger partial charge in [-0.15, -0.1) is 0 Å². The van der Waals surface area contributed by atoms with Crippen molar-refractivity contribution < 1.29 is 0 Å². The molecule has 1 N–H and O–H groups in total. The van der Waals surface area contributed by atoms with Crippen molar-refractivity contribution in [1.29, 1.82) is 0 Å². The van der Waals surface area contributed by atoms with Crippen LogP contribution < -0.4 is 10.2 Å². The fourth-order valence-corrected chi connectivity index (χ4v) is 2.17. The highest BCUT2D eigenvalue weighted by atomic mass is 15.4. The van der Waals surface area contributed by atoms with Crippen LogP contribution in [0.2, 0.25) is 0 Å². The number of rotatable bonds is 5. The highest BCUT2D eigenvalue weighted by molar-refractivity contribution is 5.50. The first-order valence-corrected chi connectivity index (χ1v) is 7.17. The molecule has 1 rings (SSSR count). The van der Waals surface area contributed by atoms with Crippen molar-refractivity contribution in [3.63, 3.8) is 0 Å². The molecule has 1 aromatic heterocycles. The van der Waals surface area contributed by atoms with Crippen LogP contribution >= 0.6 is 0 Å². The summed E-state index contributed by atoms with van der Waals surface area (Å²) in [5.74, 6) is 1.23. The Morgan fingerprint density at radius 3 is 2.42 bits per heavy atom. The van der Waals surface area contributed by atoms with E-state index in [1.165, 1.54) is 11.4 Å². The molecule has 0 aliphatic rings. The van der Waals surface area contributed by atoms with Crippen LogP contribution in [0.15, 0.2) is 0 Å². The largest absolute Gasteiger partial charge is 0.357 e. The number of aromatic nitrogens is 2. The van der Waals surface area contributed by atoms with Crippen LogP contribution in [0, 0.1) is 6.92 Å². The number of aryl methyl sites for hydroxylation is 2. The van der Waals surface area contributed by atoms with Gasteiger partial charge in [-0.25, -0.2) is 0 Å². The van der Waals surface area contributed by atoms with Gasteiger partial charge in [0.2, 0.25) is 0 Å². The van der Waals surface area contributed by atoms with E-state index < -0.39 is 0 Å². The van der Waals surface area contributed by atoms with Crippen LogP contribution in [0.25, 0.3) is 0 Å². The maximum Gasteiger partial charge on any atom is 0.131 e. The smallest absolute Gasteiger partial charge is 0.131 e. The van der Waals surface area contributed by atoms with Crippen LogP contribution in [0.5, 0.6) is 0 Å². The van der Waals surface area contributed by atoms with E-state index >= 15 is 0 Å². The number of hydrogen-bond donors (Lipinski definition) is 1. The molecule has 19 heavy (non-hydrogen) atoms. The molecule has 0 saturated carbocycles. The van der Waals surface area contributed by atoms with Crippen molar-refractivity contribution in [3.8, 4) is 0 Å². The van der Waals surface area contributed by atoms with E-state index in [2.05, 4.69) is 63.9 Å². The molecule has 0 aliphatic heterocycles. The van der Waals surface area contributed by atoms with E-state index in [0.29, 0.717) is 6.04 Å². The molecule has 0 aliphatic carbocycles. The van der Waals surface area contributed by atoms with Crippen LogP contribution in [0.3, 0.4) is 0 Å². The summed E-state index contributed by atoms with van der Waals surface area (Å²) in [5.41, 5.74) is 2.54. The molecular weight excluding hydrogens is 236 g/mol. The van der Waals surface area contributed by atoms with Gasteiger partial charge in [0.15, 0.2) is 0 Å². The molecular formula is C15H30N4. The first kappa shape index (κ1) is 16.0. The summed E-state index contributed by atoms with van der Waals surface area (Å²) in [6, 6.07) is 0.517. The topological polar surface area (TPSA) is 33.1 Å². The van der Waals surface area contributed by atoms with Crippen LogP contribution in [0.1, 0.15) is 52.3 Å². The average Bonchev–Trinajstić information content (AvgIpc) is 2.58. The molecule has 4 nitrogen and oxygen atoms in total. The molecule has 1 atom stereocenters. The lowest BCUT2D eigenvalue weighted by Crippen LogP contribution is -2.36. The minimum atomic E-state index is 0.120. The Morgan fingerprint density at radius 2 is 1.95 bits per heavy atom. The lowest BCUT2D eigenvalue weighted by atomic mass is 10.1. The molecule has 1 unspecified atom stereocenters. The highest BCUT2D eigenvalue weighted by Crippen LogP contribution is 2.25. The summed E-state index contributed by atoms with van der Waals surface area (Å²) in [7, 11) is 4.19. The van der Waals surface area contributed by atoms with Gasteiger partial charge in [-0.3, -0.25) is 4.68 Å². The predicted molar refractivity (Wildman–Crippen MR) is 82.7 cm³/mol. The second kappa shape index (κ2) is 5.95. The van der Waals surface area contributed by atoms with Gasteiger partial charge in [0.05, 0.1) is 5.69 Å². The SMILES string of the molecule is CCC(C)N(C)c1c(CNC(C)(C)C)c(C)nn1C. The summed E-state index contributed by atoms with van der Waals surface area (Å²) in [6.45, 7) is 14.0. The molecule has 1 heterocycles. The third kappa shape index (κ3) is 3.96. The number of anilines is 1. The van der Waals surface area contributed by atoms with Gasteiger partial charge in [0.1, 0.15) is 5.82 Å². The Bertz CT molecular complexity index is 415. The van der Waals surface area contributed by atoms with Crippen molar-refractivity contribution >= 4 is 5.82 Å². The number of hydrogen-bond acceptors (Lipinski definition) is 3. The maximum atomic E-state index is 4.58. The molecule has 0 fully saturated rings. The third-order valence-electron chi connectivity index (χ3n) is 3.69. The molecule has 110 valence electrons. The summed E-state index contributed by atoms with van der Waals surface area (Å²) in [4.78, 5) is 2.33. The minimum Gasteiger partial charge on any atom is -0.357 e. The third-order valence-corrected chi connectivity index (χ3v) is 3.69. The van der Waals surface area contributed by atoms with Gasteiger partial charge in [-0.05, 0) is 41.0 Å². The molecule has 0 aromatic carbocycles. The first-order chi connectivity index (χ1) is 8.67. The normalized spacial score (nSPS) is 13.7. The van der Waals surface area contributed by atoms with Crippen LogP contribution in [-0.2, 0) is 13.6 Å². The quantitative estimate of drug-likeness (QED) is 0.889. The zero-order chi connectivity index (χ0) is 14.8. The van der Waals surface area contributed by atoms with Gasteiger partial charge in [-0.2, -0.15) is 5.10 Å². The molecule has 0 spiro atoms.